The molecular formula is C14H12ClN5O. The summed E-state index contributed by atoms with van der Waals surface area (Å²) in [4.78, 5) is 27.7. The minimum Gasteiger partial charge on any atom is -0.330 e. The molecule has 106 valence electrons. The summed E-state index contributed by atoms with van der Waals surface area (Å²) in [6.45, 7) is 1.70. The number of urea groups is 1. The molecule has 0 aliphatic carbocycles. The van der Waals surface area contributed by atoms with E-state index < -0.39 is 0 Å². The Morgan fingerprint density at radius 2 is 2.10 bits per heavy atom. The molecule has 0 radical (unpaired) electrons. The summed E-state index contributed by atoms with van der Waals surface area (Å²) in [7, 11) is 0. The minimum atomic E-state index is -0.0713. The minimum absolute atomic E-state index is 0.0713. The van der Waals surface area contributed by atoms with Crippen LogP contribution in [0.2, 0.25) is 5.02 Å². The second kappa shape index (κ2) is 4.60. The summed E-state index contributed by atoms with van der Waals surface area (Å²) in [6.07, 6.45) is 1.59. The Labute approximate surface area is 126 Å². The van der Waals surface area contributed by atoms with Gasteiger partial charge in [0.05, 0.1) is 19.4 Å². The molecule has 7 heteroatoms. The number of nitrogens with zero attached hydrogens (tertiary/aromatic N) is 4. The quantitative estimate of drug-likeness (QED) is 0.924. The predicted molar refractivity (Wildman–Crippen MR) is 79.7 cm³/mol. The van der Waals surface area contributed by atoms with Crippen LogP contribution < -0.4 is 4.90 Å². The number of hydrogen-bond donors (Lipinski definition) is 1. The van der Waals surface area contributed by atoms with Crippen molar-refractivity contribution < 1.29 is 4.79 Å². The van der Waals surface area contributed by atoms with Crippen molar-refractivity contribution >= 4 is 29.3 Å². The van der Waals surface area contributed by atoms with Gasteiger partial charge in [0.2, 0.25) is 0 Å². The first-order valence-electron chi connectivity index (χ1n) is 6.66. The zero-order valence-electron chi connectivity index (χ0n) is 11.1. The third-order valence-corrected chi connectivity index (χ3v) is 3.91. The number of imidazole rings is 1. The molecule has 0 bridgehead atoms. The molecule has 2 aliphatic heterocycles. The fourth-order valence-corrected chi connectivity index (χ4v) is 2.78. The Morgan fingerprint density at radius 3 is 2.90 bits per heavy atom. The zero-order valence-corrected chi connectivity index (χ0v) is 11.8. The van der Waals surface area contributed by atoms with Crippen LogP contribution in [0.3, 0.4) is 0 Å². The lowest BCUT2D eigenvalue weighted by Crippen LogP contribution is -2.49. The van der Waals surface area contributed by atoms with Crippen molar-refractivity contribution in [3.05, 3.63) is 46.9 Å². The predicted octanol–water partition coefficient (Wildman–Crippen LogP) is 2.27. The van der Waals surface area contributed by atoms with Crippen molar-refractivity contribution in [2.75, 3.05) is 18.0 Å². The van der Waals surface area contributed by atoms with Gasteiger partial charge in [-0.05, 0) is 17.7 Å². The van der Waals surface area contributed by atoms with Gasteiger partial charge in [0.15, 0.2) is 5.84 Å². The second-order valence-corrected chi connectivity index (χ2v) is 5.39. The van der Waals surface area contributed by atoms with E-state index in [4.69, 9.17) is 11.6 Å². The van der Waals surface area contributed by atoms with Crippen LogP contribution in [-0.4, -0.2) is 39.8 Å². The van der Waals surface area contributed by atoms with Gasteiger partial charge in [0, 0.05) is 11.6 Å². The third kappa shape index (κ3) is 1.91. The van der Waals surface area contributed by atoms with Crippen molar-refractivity contribution in [1.29, 1.82) is 0 Å². The zero-order chi connectivity index (χ0) is 14.4. The number of fused-ring (bicyclic) bond motifs is 3. The maximum atomic E-state index is 12.6. The van der Waals surface area contributed by atoms with Crippen LogP contribution >= 0.6 is 11.6 Å². The molecule has 2 aliphatic rings. The Bertz CT molecular complexity index is 736. The van der Waals surface area contributed by atoms with Gasteiger partial charge in [-0.1, -0.05) is 23.7 Å². The third-order valence-electron chi connectivity index (χ3n) is 3.66. The van der Waals surface area contributed by atoms with E-state index in [9.17, 15) is 4.79 Å². The fourth-order valence-electron chi connectivity index (χ4n) is 2.65. The van der Waals surface area contributed by atoms with Gasteiger partial charge in [-0.25, -0.2) is 9.78 Å². The Hall–Kier alpha value is -2.34. The summed E-state index contributed by atoms with van der Waals surface area (Å²) in [6, 6.07) is 7.40. The lowest BCUT2D eigenvalue weighted by atomic mass is 10.2. The molecule has 2 aromatic rings. The molecule has 0 spiro atoms. The maximum Gasteiger partial charge on any atom is 0.331 e. The van der Waals surface area contributed by atoms with Crippen LogP contribution in [0, 0.1) is 0 Å². The van der Waals surface area contributed by atoms with E-state index in [-0.39, 0.29) is 6.03 Å². The van der Waals surface area contributed by atoms with Crippen LogP contribution in [0.25, 0.3) is 0 Å². The van der Waals surface area contributed by atoms with E-state index in [1.165, 1.54) is 0 Å². The van der Waals surface area contributed by atoms with Crippen LogP contribution in [0.4, 0.5) is 10.6 Å². The summed E-state index contributed by atoms with van der Waals surface area (Å²) in [5.74, 6) is 1.37. The average Bonchev–Trinajstić information content (AvgIpc) is 3.13. The number of carbonyl (C=O) groups is 1. The van der Waals surface area contributed by atoms with E-state index in [2.05, 4.69) is 15.0 Å². The Morgan fingerprint density at radius 1 is 1.29 bits per heavy atom. The highest BCUT2D eigenvalue weighted by Gasteiger charge is 2.39. The first-order chi connectivity index (χ1) is 10.2. The first kappa shape index (κ1) is 12.4. The smallest absolute Gasteiger partial charge is 0.330 e. The van der Waals surface area contributed by atoms with Crippen molar-refractivity contribution in [3.8, 4) is 0 Å². The molecule has 0 saturated carbocycles. The topological polar surface area (TPSA) is 64.6 Å². The molecule has 1 aromatic heterocycles. The molecule has 0 fully saturated rings. The molecular weight excluding hydrogens is 290 g/mol. The maximum absolute atomic E-state index is 12.6. The molecule has 21 heavy (non-hydrogen) atoms. The van der Waals surface area contributed by atoms with Gasteiger partial charge < -0.3 is 4.98 Å². The lowest BCUT2D eigenvalue weighted by Gasteiger charge is -2.32. The summed E-state index contributed by atoms with van der Waals surface area (Å²) >= 11 is 5.90. The summed E-state index contributed by atoms with van der Waals surface area (Å²) < 4.78 is 0. The van der Waals surface area contributed by atoms with Crippen LogP contribution in [0.15, 0.2) is 35.6 Å². The molecule has 4 rings (SSSR count). The average molecular weight is 302 g/mol. The molecule has 0 saturated heterocycles. The number of aromatic amines is 1. The van der Waals surface area contributed by atoms with Crippen LogP contribution in [0.1, 0.15) is 11.3 Å². The monoisotopic (exact) mass is 301 g/mol. The SMILES string of the molecule is O=C1N2CCN=C2c2nc[nH]c2N1Cc1ccc(Cl)cc1. The molecule has 6 nitrogen and oxygen atoms in total. The number of aromatic nitrogens is 2. The van der Waals surface area contributed by atoms with Crippen molar-refractivity contribution in [2.45, 2.75) is 6.54 Å². The molecule has 0 atom stereocenters. The number of halogens is 1. The van der Waals surface area contributed by atoms with Crippen LogP contribution in [0.5, 0.6) is 0 Å². The number of carbonyl (C=O) groups excluding carboxylic acids is 1. The number of anilines is 1. The molecule has 0 unspecified atom stereocenters. The highest BCUT2D eigenvalue weighted by Crippen LogP contribution is 2.29. The van der Waals surface area contributed by atoms with E-state index in [0.717, 1.165) is 11.3 Å². The van der Waals surface area contributed by atoms with Crippen molar-refractivity contribution in [2.24, 2.45) is 4.99 Å². The highest BCUT2D eigenvalue weighted by atomic mass is 35.5. The molecule has 2 amide bonds. The number of aliphatic imine (C=N–C) groups is 1. The number of amidine groups is 1. The van der Waals surface area contributed by atoms with Crippen molar-refractivity contribution in [3.63, 3.8) is 0 Å². The van der Waals surface area contributed by atoms with Gasteiger partial charge in [-0.2, -0.15) is 0 Å². The van der Waals surface area contributed by atoms with E-state index in [1.807, 2.05) is 24.3 Å². The molecule has 1 N–H and O–H groups in total. The van der Waals surface area contributed by atoms with E-state index in [0.29, 0.717) is 36.3 Å². The first-order valence-corrected chi connectivity index (χ1v) is 7.03. The highest BCUT2D eigenvalue weighted by molar-refractivity contribution is 6.30. The number of rotatable bonds is 2. The van der Waals surface area contributed by atoms with Gasteiger partial charge >= 0.3 is 6.03 Å². The summed E-state index contributed by atoms with van der Waals surface area (Å²) in [5, 5.41) is 0.680. The van der Waals surface area contributed by atoms with Crippen molar-refractivity contribution in [1.82, 2.24) is 14.9 Å². The van der Waals surface area contributed by atoms with Crippen LogP contribution in [-0.2, 0) is 6.54 Å². The number of hydrogen-bond acceptors (Lipinski definition) is 3. The second-order valence-electron chi connectivity index (χ2n) is 4.95. The largest absolute Gasteiger partial charge is 0.331 e. The number of H-pyrrole nitrogens is 1. The Kier molecular flexibility index (Phi) is 2.71. The Balaban J connectivity index is 1.72. The van der Waals surface area contributed by atoms with Gasteiger partial charge in [-0.3, -0.25) is 14.8 Å². The van der Waals surface area contributed by atoms with Gasteiger partial charge in [-0.15, -0.1) is 0 Å². The van der Waals surface area contributed by atoms with E-state index in [1.54, 1.807) is 16.1 Å². The summed E-state index contributed by atoms with van der Waals surface area (Å²) in [5.41, 5.74) is 1.74. The molecule has 1 aromatic carbocycles. The molecule has 3 heterocycles. The number of amides is 2. The van der Waals surface area contributed by atoms with Gasteiger partial charge in [0.1, 0.15) is 11.5 Å². The number of benzene rings is 1. The number of nitrogens with one attached hydrogen (secondary N) is 1. The lowest BCUT2D eigenvalue weighted by molar-refractivity contribution is 0.228. The standard InChI is InChI=1S/C14H12ClN5O/c15-10-3-1-9(2-4-10)7-20-13-11(17-8-18-13)12-16-5-6-19(12)14(20)21/h1-4,8H,5-7H2,(H,17,18). The fraction of sp³-hybridized carbons (Fsp3) is 0.214. The van der Waals surface area contributed by atoms with E-state index >= 15 is 0 Å². The normalized spacial score (nSPS) is 16.8. The van der Waals surface area contributed by atoms with Gasteiger partial charge in [0.25, 0.3) is 0 Å².